The second kappa shape index (κ2) is 12.4. The van der Waals surface area contributed by atoms with E-state index in [1.165, 1.54) is 6.07 Å². The van der Waals surface area contributed by atoms with Crippen LogP contribution in [0.25, 0.3) is 0 Å². The normalized spacial score (nSPS) is 11.4. The van der Waals surface area contributed by atoms with E-state index in [0.29, 0.717) is 36.7 Å². The topological polar surface area (TPSA) is 65.5 Å². The molecule has 3 N–H and O–H groups in total. The molecule has 1 amide bonds. The van der Waals surface area contributed by atoms with E-state index in [0.717, 1.165) is 17.7 Å². The van der Waals surface area contributed by atoms with E-state index in [2.05, 4.69) is 20.9 Å². The van der Waals surface area contributed by atoms with Crippen LogP contribution < -0.4 is 16.0 Å². The molecule has 0 fully saturated rings. The van der Waals surface area contributed by atoms with E-state index in [1.807, 2.05) is 26.0 Å². The smallest absolute Gasteiger partial charge is 0.357 e. The molecule has 0 aromatic heterocycles. The lowest BCUT2D eigenvalue weighted by Gasteiger charge is -2.12. The van der Waals surface area contributed by atoms with Crippen molar-refractivity contribution in [3.63, 3.8) is 0 Å². The molecule has 0 saturated carbocycles. The highest BCUT2D eigenvalue weighted by atomic mass is 127. The second-order valence-electron chi connectivity index (χ2n) is 6.30. The molecule has 164 valence electrons. The third kappa shape index (κ3) is 8.21. The number of nitrogens with one attached hydrogen (secondary N) is 3. The van der Waals surface area contributed by atoms with Gasteiger partial charge in [-0.05, 0) is 49.2 Å². The number of benzene rings is 2. The Morgan fingerprint density at radius 2 is 1.60 bits per heavy atom. The van der Waals surface area contributed by atoms with E-state index in [-0.39, 0.29) is 36.4 Å². The zero-order valence-corrected chi connectivity index (χ0v) is 19.2. The molecule has 0 heterocycles. The van der Waals surface area contributed by atoms with Gasteiger partial charge in [-0.3, -0.25) is 4.79 Å². The predicted octanol–water partition coefficient (Wildman–Crippen LogP) is 4.33. The van der Waals surface area contributed by atoms with Gasteiger partial charge in [-0.15, -0.1) is 24.0 Å². The molecule has 30 heavy (non-hydrogen) atoms. The van der Waals surface area contributed by atoms with E-state index in [1.54, 1.807) is 18.2 Å². The van der Waals surface area contributed by atoms with Gasteiger partial charge in [0, 0.05) is 25.2 Å². The van der Waals surface area contributed by atoms with E-state index in [9.17, 15) is 18.0 Å². The van der Waals surface area contributed by atoms with E-state index < -0.39 is 11.7 Å². The van der Waals surface area contributed by atoms with Crippen molar-refractivity contribution in [2.75, 3.05) is 13.1 Å². The third-order valence-corrected chi connectivity index (χ3v) is 4.03. The summed E-state index contributed by atoms with van der Waals surface area (Å²) < 4.78 is 38.5. The highest BCUT2D eigenvalue weighted by Gasteiger charge is 2.30. The van der Waals surface area contributed by atoms with Crippen molar-refractivity contribution in [1.29, 1.82) is 0 Å². The summed E-state index contributed by atoms with van der Waals surface area (Å²) >= 11 is 0. The minimum atomic E-state index is -4.37. The molecule has 2 rings (SSSR count). The Morgan fingerprint density at radius 1 is 0.933 bits per heavy atom. The molecule has 0 saturated heterocycles. The number of aliphatic imine (C=N–C) groups is 1. The van der Waals surface area contributed by atoms with Gasteiger partial charge in [0.2, 0.25) is 0 Å². The average Bonchev–Trinajstić information content (AvgIpc) is 2.70. The van der Waals surface area contributed by atoms with Gasteiger partial charge in [-0.25, -0.2) is 4.99 Å². The zero-order valence-electron chi connectivity index (χ0n) is 16.8. The summed E-state index contributed by atoms with van der Waals surface area (Å²) in [7, 11) is 0. The molecule has 0 aliphatic carbocycles. The van der Waals surface area contributed by atoms with Crippen molar-refractivity contribution >= 4 is 35.8 Å². The van der Waals surface area contributed by atoms with Crippen LogP contribution in [-0.2, 0) is 19.3 Å². The Morgan fingerprint density at radius 3 is 2.20 bits per heavy atom. The highest BCUT2D eigenvalue weighted by molar-refractivity contribution is 14.0. The van der Waals surface area contributed by atoms with Crippen LogP contribution in [0.4, 0.5) is 13.2 Å². The summed E-state index contributed by atoms with van der Waals surface area (Å²) in [5.74, 6) is 0.376. The van der Waals surface area contributed by atoms with Gasteiger partial charge in [0.05, 0.1) is 12.1 Å². The van der Waals surface area contributed by atoms with E-state index in [4.69, 9.17) is 0 Å². The number of amides is 1. The summed E-state index contributed by atoms with van der Waals surface area (Å²) in [5, 5.41) is 8.95. The van der Waals surface area contributed by atoms with Crippen molar-refractivity contribution in [2.45, 2.75) is 33.1 Å². The van der Waals surface area contributed by atoms with Crippen molar-refractivity contribution in [2.24, 2.45) is 4.99 Å². The summed E-state index contributed by atoms with van der Waals surface area (Å²) in [6.45, 7) is 5.53. The van der Waals surface area contributed by atoms with Gasteiger partial charge in [-0.2, -0.15) is 13.2 Å². The summed E-state index contributed by atoms with van der Waals surface area (Å²) in [6, 6.07) is 12.3. The van der Waals surface area contributed by atoms with E-state index >= 15 is 0 Å². The molecule has 0 atom stereocenters. The number of alkyl halides is 3. The lowest BCUT2D eigenvalue weighted by atomic mass is 10.1. The molecular weight excluding hydrogens is 508 g/mol. The van der Waals surface area contributed by atoms with Crippen LogP contribution in [-0.4, -0.2) is 25.0 Å². The zero-order chi connectivity index (χ0) is 21.3. The Bertz CT molecular complexity index is 839. The van der Waals surface area contributed by atoms with Gasteiger partial charge in [0.1, 0.15) is 0 Å². The minimum Gasteiger partial charge on any atom is -0.357 e. The molecular formula is C21H26F3IN4O. The lowest BCUT2D eigenvalue weighted by Crippen LogP contribution is -2.36. The molecule has 5 nitrogen and oxygen atoms in total. The molecule has 9 heteroatoms. The number of hydrogen-bond acceptors (Lipinski definition) is 2. The number of carbonyl (C=O) groups excluding carboxylic acids is 1. The molecule has 0 bridgehead atoms. The van der Waals surface area contributed by atoms with Crippen molar-refractivity contribution in [1.82, 2.24) is 16.0 Å². The fourth-order valence-corrected chi connectivity index (χ4v) is 2.58. The second-order valence-corrected chi connectivity index (χ2v) is 6.30. The first kappa shape index (κ1) is 25.7. The maximum atomic E-state index is 12.8. The number of halogens is 4. The van der Waals surface area contributed by atoms with Crippen LogP contribution in [0.2, 0.25) is 0 Å². The highest BCUT2D eigenvalue weighted by Crippen LogP contribution is 2.29. The molecule has 0 radical (unpaired) electrons. The van der Waals surface area contributed by atoms with Gasteiger partial charge in [-0.1, -0.05) is 24.3 Å². The minimum absolute atomic E-state index is 0. The summed E-state index contributed by atoms with van der Waals surface area (Å²) in [5.41, 5.74) is 1.32. The molecule has 2 aromatic rings. The number of carbonyl (C=O) groups is 1. The SMILES string of the molecule is CCNC(=O)c1ccc(CNC(=NCc2cccc(C(F)(F)F)c2)NCC)cc1.I. The first-order chi connectivity index (χ1) is 13.8. The predicted molar refractivity (Wildman–Crippen MR) is 123 cm³/mol. The van der Waals surface area contributed by atoms with Crippen molar-refractivity contribution < 1.29 is 18.0 Å². The molecule has 0 aliphatic rings. The van der Waals surface area contributed by atoms with Gasteiger partial charge < -0.3 is 16.0 Å². The maximum absolute atomic E-state index is 12.8. The maximum Gasteiger partial charge on any atom is 0.416 e. The Labute approximate surface area is 191 Å². The standard InChI is InChI=1S/C21H25F3N4O.HI/c1-3-25-19(29)17-10-8-15(9-11-17)13-27-20(26-4-2)28-14-16-6-5-7-18(12-16)21(22,23)24;/h5-12H,3-4,13-14H2,1-2H3,(H,25,29)(H2,26,27,28);1H. The first-order valence-electron chi connectivity index (χ1n) is 9.39. The molecule has 0 aliphatic heterocycles. The lowest BCUT2D eigenvalue weighted by molar-refractivity contribution is -0.137. The quantitative estimate of drug-likeness (QED) is 0.282. The van der Waals surface area contributed by atoms with Crippen molar-refractivity contribution in [3.05, 3.63) is 70.8 Å². The summed E-state index contributed by atoms with van der Waals surface area (Å²) in [6.07, 6.45) is -4.37. The van der Waals surface area contributed by atoms with Crippen LogP contribution >= 0.6 is 24.0 Å². The van der Waals surface area contributed by atoms with Gasteiger partial charge in [0.25, 0.3) is 5.91 Å². The van der Waals surface area contributed by atoms with Crippen LogP contribution in [0.1, 0.15) is 40.9 Å². The Hall–Kier alpha value is -2.30. The van der Waals surface area contributed by atoms with Crippen LogP contribution in [0.5, 0.6) is 0 Å². The van der Waals surface area contributed by atoms with Gasteiger partial charge in [0.15, 0.2) is 5.96 Å². The van der Waals surface area contributed by atoms with Crippen LogP contribution in [0.3, 0.4) is 0 Å². The largest absolute Gasteiger partial charge is 0.416 e. The fraction of sp³-hybridized carbons (Fsp3) is 0.333. The molecule has 2 aromatic carbocycles. The Kier molecular flexibility index (Phi) is 10.6. The number of rotatable bonds is 7. The number of nitrogens with zero attached hydrogens (tertiary/aromatic N) is 1. The molecule has 0 spiro atoms. The third-order valence-electron chi connectivity index (χ3n) is 4.03. The van der Waals surface area contributed by atoms with Crippen molar-refractivity contribution in [3.8, 4) is 0 Å². The average molecular weight is 534 g/mol. The Balaban J connectivity index is 0.00000450. The first-order valence-corrected chi connectivity index (χ1v) is 9.39. The molecule has 0 unspecified atom stereocenters. The fourth-order valence-electron chi connectivity index (χ4n) is 2.58. The van der Waals surface area contributed by atoms with Crippen LogP contribution in [0.15, 0.2) is 53.5 Å². The van der Waals surface area contributed by atoms with Gasteiger partial charge >= 0.3 is 6.18 Å². The number of guanidine groups is 1. The van der Waals surface area contributed by atoms with Crippen LogP contribution in [0, 0.1) is 0 Å². The number of hydrogen-bond donors (Lipinski definition) is 3. The monoisotopic (exact) mass is 534 g/mol. The summed E-state index contributed by atoms with van der Waals surface area (Å²) in [4.78, 5) is 16.1.